The molecular formula is C12H12BrFN4O2. The monoisotopic (exact) mass is 342 g/mol. The van der Waals surface area contributed by atoms with E-state index in [1.165, 1.54) is 6.07 Å². The number of hydrogen-bond donors (Lipinski definition) is 2. The van der Waals surface area contributed by atoms with Crippen LogP contribution in [0, 0.1) is 15.9 Å². The zero-order valence-corrected chi connectivity index (χ0v) is 12.0. The van der Waals surface area contributed by atoms with E-state index in [0.717, 1.165) is 24.7 Å². The van der Waals surface area contributed by atoms with E-state index in [-0.39, 0.29) is 10.2 Å². The van der Waals surface area contributed by atoms with E-state index in [2.05, 4.69) is 31.2 Å². The molecule has 2 N–H and O–H groups in total. The van der Waals surface area contributed by atoms with Crippen molar-refractivity contribution in [1.82, 2.24) is 9.97 Å². The van der Waals surface area contributed by atoms with Crippen LogP contribution in [-0.2, 0) is 6.42 Å². The first kappa shape index (κ1) is 14.4. The highest BCUT2D eigenvalue weighted by molar-refractivity contribution is 9.10. The van der Waals surface area contributed by atoms with Crippen molar-refractivity contribution in [3.8, 4) is 0 Å². The number of anilines is 1. The van der Waals surface area contributed by atoms with Crippen molar-refractivity contribution in [2.45, 2.75) is 12.8 Å². The van der Waals surface area contributed by atoms with Crippen molar-refractivity contribution in [2.75, 3.05) is 11.9 Å². The fourth-order valence-electron chi connectivity index (χ4n) is 1.74. The molecule has 2 aromatic rings. The van der Waals surface area contributed by atoms with Gasteiger partial charge in [0.15, 0.2) is 0 Å². The van der Waals surface area contributed by atoms with Crippen LogP contribution in [0.5, 0.6) is 0 Å². The molecule has 0 radical (unpaired) electrons. The van der Waals surface area contributed by atoms with Gasteiger partial charge < -0.3 is 10.3 Å². The maximum Gasteiger partial charge on any atom is 0.295 e. The summed E-state index contributed by atoms with van der Waals surface area (Å²) >= 11 is 3.02. The van der Waals surface area contributed by atoms with Gasteiger partial charge >= 0.3 is 0 Å². The second-order valence-corrected chi connectivity index (χ2v) is 4.96. The number of rotatable bonds is 6. The van der Waals surface area contributed by atoms with Crippen molar-refractivity contribution >= 4 is 27.3 Å². The number of halogens is 2. The molecule has 6 nitrogen and oxygen atoms in total. The number of aryl methyl sites for hydroxylation is 1. The van der Waals surface area contributed by atoms with Gasteiger partial charge in [-0.25, -0.2) is 9.37 Å². The molecule has 0 aliphatic rings. The largest absolute Gasteiger partial charge is 0.379 e. The highest BCUT2D eigenvalue weighted by Gasteiger charge is 2.17. The molecule has 0 fully saturated rings. The summed E-state index contributed by atoms with van der Waals surface area (Å²) in [4.78, 5) is 17.3. The summed E-state index contributed by atoms with van der Waals surface area (Å²) in [5.74, 6) is 0.208. The highest BCUT2D eigenvalue weighted by Crippen LogP contribution is 2.30. The molecule has 1 aromatic heterocycles. The molecule has 0 saturated heterocycles. The zero-order valence-electron chi connectivity index (χ0n) is 10.4. The molecule has 106 valence electrons. The van der Waals surface area contributed by atoms with Gasteiger partial charge in [0.25, 0.3) is 5.69 Å². The van der Waals surface area contributed by atoms with Crippen LogP contribution in [-0.4, -0.2) is 21.4 Å². The van der Waals surface area contributed by atoms with E-state index in [1.807, 2.05) is 0 Å². The van der Waals surface area contributed by atoms with Gasteiger partial charge in [-0.1, -0.05) is 0 Å². The third kappa shape index (κ3) is 3.53. The van der Waals surface area contributed by atoms with Gasteiger partial charge in [0.1, 0.15) is 17.3 Å². The topological polar surface area (TPSA) is 83.8 Å². The molecule has 2 rings (SSSR count). The van der Waals surface area contributed by atoms with Gasteiger partial charge in [-0.2, -0.15) is 0 Å². The Kier molecular flexibility index (Phi) is 4.67. The predicted molar refractivity (Wildman–Crippen MR) is 76.2 cm³/mol. The van der Waals surface area contributed by atoms with Crippen LogP contribution in [0.4, 0.5) is 15.8 Å². The van der Waals surface area contributed by atoms with Gasteiger partial charge in [-0.3, -0.25) is 10.1 Å². The predicted octanol–water partition coefficient (Wildman–Crippen LogP) is 3.26. The fraction of sp³-hybridized carbons (Fsp3) is 0.250. The average Bonchev–Trinajstić information content (AvgIpc) is 2.91. The van der Waals surface area contributed by atoms with Crippen molar-refractivity contribution < 1.29 is 9.31 Å². The Morgan fingerprint density at radius 3 is 2.95 bits per heavy atom. The number of benzene rings is 1. The lowest BCUT2D eigenvalue weighted by Crippen LogP contribution is -2.06. The molecule has 0 bridgehead atoms. The Morgan fingerprint density at radius 1 is 1.50 bits per heavy atom. The molecule has 0 saturated carbocycles. The number of aromatic nitrogens is 2. The number of nitro benzene ring substituents is 1. The molecule has 1 heterocycles. The number of nitro groups is 1. The van der Waals surface area contributed by atoms with Crippen LogP contribution in [0.1, 0.15) is 12.2 Å². The van der Waals surface area contributed by atoms with E-state index in [0.29, 0.717) is 12.2 Å². The first-order valence-corrected chi connectivity index (χ1v) is 6.73. The minimum Gasteiger partial charge on any atom is -0.379 e. The maximum absolute atomic E-state index is 13.3. The molecule has 0 aliphatic heterocycles. The summed E-state index contributed by atoms with van der Waals surface area (Å²) in [7, 11) is 0. The number of aromatic amines is 1. The molecule has 8 heteroatoms. The number of nitrogens with zero attached hydrogens (tertiary/aromatic N) is 2. The van der Waals surface area contributed by atoms with E-state index in [4.69, 9.17) is 0 Å². The van der Waals surface area contributed by atoms with Crippen LogP contribution < -0.4 is 5.32 Å². The van der Waals surface area contributed by atoms with Crippen LogP contribution in [0.25, 0.3) is 0 Å². The van der Waals surface area contributed by atoms with Crippen molar-refractivity contribution in [1.29, 1.82) is 0 Å². The van der Waals surface area contributed by atoms with Crippen LogP contribution in [0.15, 0.2) is 29.0 Å². The molecule has 0 spiro atoms. The number of hydrogen-bond acceptors (Lipinski definition) is 4. The van der Waals surface area contributed by atoms with Gasteiger partial charge in [0.05, 0.1) is 15.5 Å². The third-order valence-corrected chi connectivity index (χ3v) is 3.30. The lowest BCUT2D eigenvalue weighted by Gasteiger charge is -2.07. The second-order valence-electron chi connectivity index (χ2n) is 4.11. The lowest BCUT2D eigenvalue weighted by molar-refractivity contribution is -0.384. The number of imidazole rings is 1. The van der Waals surface area contributed by atoms with Crippen molar-refractivity contribution in [3.63, 3.8) is 0 Å². The quantitative estimate of drug-likeness (QED) is 0.479. The molecular weight excluding hydrogens is 331 g/mol. The van der Waals surface area contributed by atoms with Crippen LogP contribution in [0.2, 0.25) is 0 Å². The molecule has 0 amide bonds. The second kappa shape index (κ2) is 6.47. The van der Waals surface area contributed by atoms with Gasteiger partial charge in [0, 0.05) is 25.4 Å². The molecule has 1 aromatic carbocycles. The van der Waals surface area contributed by atoms with E-state index < -0.39 is 10.7 Å². The SMILES string of the molecule is O=[N+]([O-])c1cc(F)c(Br)cc1NCCCc1ncc[nH]1. The Balaban J connectivity index is 1.98. The molecule has 0 unspecified atom stereocenters. The summed E-state index contributed by atoms with van der Waals surface area (Å²) in [5, 5.41) is 13.8. The summed E-state index contributed by atoms with van der Waals surface area (Å²) in [6, 6.07) is 2.28. The number of nitrogens with one attached hydrogen (secondary N) is 2. The summed E-state index contributed by atoms with van der Waals surface area (Å²) < 4.78 is 13.5. The molecule has 20 heavy (non-hydrogen) atoms. The first-order chi connectivity index (χ1) is 9.58. The van der Waals surface area contributed by atoms with Gasteiger partial charge in [0.2, 0.25) is 0 Å². The molecule has 0 aliphatic carbocycles. The summed E-state index contributed by atoms with van der Waals surface area (Å²) in [6.45, 7) is 0.527. The fourth-order valence-corrected chi connectivity index (χ4v) is 2.09. The van der Waals surface area contributed by atoms with Gasteiger partial charge in [-0.05, 0) is 28.4 Å². The van der Waals surface area contributed by atoms with E-state index in [1.54, 1.807) is 12.4 Å². The molecule has 0 atom stereocenters. The summed E-state index contributed by atoms with van der Waals surface area (Å²) in [5.41, 5.74) is 0.0198. The highest BCUT2D eigenvalue weighted by atomic mass is 79.9. The smallest absolute Gasteiger partial charge is 0.295 e. The van der Waals surface area contributed by atoms with Gasteiger partial charge in [-0.15, -0.1) is 0 Å². The number of H-pyrrole nitrogens is 1. The van der Waals surface area contributed by atoms with Crippen molar-refractivity contribution in [2.24, 2.45) is 0 Å². The average molecular weight is 343 g/mol. The van der Waals surface area contributed by atoms with E-state index >= 15 is 0 Å². The lowest BCUT2D eigenvalue weighted by atomic mass is 10.2. The standard InChI is InChI=1S/C12H12BrFN4O2/c13-8-6-10(11(18(19)20)7-9(8)14)15-3-1-2-12-16-4-5-17-12/h4-7,15H,1-3H2,(H,16,17). The minimum atomic E-state index is -0.655. The zero-order chi connectivity index (χ0) is 14.5. The Labute approximate surface area is 122 Å². The normalized spacial score (nSPS) is 10.5. The third-order valence-electron chi connectivity index (χ3n) is 2.70. The maximum atomic E-state index is 13.3. The van der Waals surface area contributed by atoms with E-state index in [9.17, 15) is 14.5 Å². The Hall–Kier alpha value is -1.96. The van der Waals surface area contributed by atoms with Crippen LogP contribution in [0.3, 0.4) is 0 Å². The minimum absolute atomic E-state index is 0.191. The van der Waals surface area contributed by atoms with Crippen LogP contribution >= 0.6 is 15.9 Å². The summed E-state index contributed by atoms with van der Waals surface area (Å²) in [6.07, 6.45) is 4.89. The van der Waals surface area contributed by atoms with Crippen molar-refractivity contribution in [3.05, 3.63) is 50.8 Å². The Bertz CT molecular complexity index is 604. The first-order valence-electron chi connectivity index (χ1n) is 5.93. The Morgan fingerprint density at radius 2 is 2.30 bits per heavy atom.